The highest BCUT2D eigenvalue weighted by Crippen LogP contribution is 2.30. The Morgan fingerprint density at radius 3 is 2.21 bits per heavy atom. The quantitative estimate of drug-likeness (QED) is 0.318. The molecule has 0 fully saturated rings. The lowest BCUT2D eigenvalue weighted by atomic mass is 10.0. The van der Waals surface area contributed by atoms with Gasteiger partial charge in [-0.2, -0.15) is 0 Å². The van der Waals surface area contributed by atoms with Crippen LogP contribution in [-0.2, 0) is 26.2 Å². The molecule has 0 aliphatic carbocycles. The van der Waals surface area contributed by atoms with Gasteiger partial charge in [-0.15, -0.1) is 0 Å². The molecule has 0 heterocycles. The van der Waals surface area contributed by atoms with Gasteiger partial charge >= 0.3 is 0 Å². The molecule has 0 saturated carbocycles. The number of sulfonamides is 1. The molecule has 1 N–H and O–H groups in total. The Morgan fingerprint density at radius 2 is 1.69 bits per heavy atom. The van der Waals surface area contributed by atoms with E-state index in [-0.39, 0.29) is 42.8 Å². The first-order chi connectivity index (χ1) is 18.1. The minimum atomic E-state index is -3.67. The van der Waals surface area contributed by atoms with Crippen LogP contribution in [0.1, 0.15) is 52.5 Å². The normalized spacial score (nSPS) is 12.5. The van der Waals surface area contributed by atoms with Gasteiger partial charge in [-0.1, -0.05) is 47.8 Å². The van der Waals surface area contributed by atoms with Gasteiger partial charge in [-0.25, -0.2) is 8.42 Å². The van der Waals surface area contributed by atoms with Gasteiger partial charge in [0, 0.05) is 25.0 Å². The van der Waals surface area contributed by atoms with Crippen LogP contribution < -0.4 is 14.4 Å². The van der Waals surface area contributed by atoms with Gasteiger partial charge in [0.25, 0.3) is 0 Å². The molecule has 2 aromatic rings. The number of nitrogens with one attached hydrogen (secondary N) is 1. The van der Waals surface area contributed by atoms with Crippen molar-refractivity contribution in [2.75, 3.05) is 24.2 Å². The molecule has 8 nitrogen and oxygen atoms in total. The number of amides is 2. The van der Waals surface area contributed by atoms with E-state index < -0.39 is 21.6 Å². The molecule has 1 atom stereocenters. The molecule has 12 heteroatoms. The zero-order valence-corrected chi connectivity index (χ0v) is 26.1. The number of hydrogen-bond donors (Lipinski definition) is 1. The van der Waals surface area contributed by atoms with E-state index in [2.05, 4.69) is 5.32 Å². The Kier molecular flexibility index (Phi) is 11.8. The molecule has 0 spiro atoms. The molecule has 0 aromatic heterocycles. The monoisotopic (exact) mass is 619 g/mol. The minimum absolute atomic E-state index is 0.0104. The number of hydrogen-bond acceptors (Lipinski definition) is 5. The Bertz CT molecular complexity index is 1280. The predicted molar refractivity (Wildman–Crippen MR) is 158 cm³/mol. The summed E-state index contributed by atoms with van der Waals surface area (Å²) in [6.45, 7) is 7.62. The number of nitrogens with zero attached hydrogens (tertiary/aromatic N) is 2. The van der Waals surface area contributed by atoms with E-state index in [0.29, 0.717) is 33.5 Å². The van der Waals surface area contributed by atoms with Crippen molar-refractivity contribution in [2.24, 2.45) is 0 Å². The first-order valence-corrected chi connectivity index (χ1v) is 15.4. The number of carbonyl (C=O) groups is 2. The van der Waals surface area contributed by atoms with Crippen molar-refractivity contribution >= 4 is 62.3 Å². The van der Waals surface area contributed by atoms with Crippen LogP contribution in [0.15, 0.2) is 36.4 Å². The molecule has 0 aliphatic rings. The van der Waals surface area contributed by atoms with Crippen LogP contribution in [0.5, 0.6) is 5.75 Å². The summed E-state index contributed by atoms with van der Waals surface area (Å²) in [5, 5.41) is 3.95. The summed E-state index contributed by atoms with van der Waals surface area (Å²) in [7, 11) is -2.20. The molecule has 0 bridgehead atoms. The van der Waals surface area contributed by atoms with E-state index in [9.17, 15) is 18.0 Å². The maximum atomic E-state index is 13.6. The van der Waals surface area contributed by atoms with Crippen LogP contribution in [-0.4, -0.2) is 56.6 Å². The van der Waals surface area contributed by atoms with Crippen molar-refractivity contribution in [3.8, 4) is 5.75 Å². The van der Waals surface area contributed by atoms with E-state index in [1.165, 1.54) is 22.4 Å². The number of anilines is 1. The molecular formula is C27H36Cl3N3O5S. The molecule has 39 heavy (non-hydrogen) atoms. The third-order valence-electron chi connectivity index (χ3n) is 5.80. The second-order valence-electron chi connectivity index (χ2n) is 10.2. The second kappa shape index (κ2) is 13.9. The van der Waals surface area contributed by atoms with Crippen LogP contribution >= 0.6 is 34.8 Å². The number of rotatable bonds is 12. The van der Waals surface area contributed by atoms with Crippen LogP contribution in [0, 0.1) is 0 Å². The van der Waals surface area contributed by atoms with E-state index in [4.69, 9.17) is 39.5 Å². The van der Waals surface area contributed by atoms with Gasteiger partial charge in [-0.3, -0.25) is 13.9 Å². The topological polar surface area (TPSA) is 96.0 Å². The fourth-order valence-electron chi connectivity index (χ4n) is 4.02. The molecule has 0 radical (unpaired) electrons. The summed E-state index contributed by atoms with van der Waals surface area (Å²) < 4.78 is 31.5. The number of carbonyl (C=O) groups excluding carboxylic acids is 2. The summed E-state index contributed by atoms with van der Waals surface area (Å²) in [6.07, 6.45) is 1.70. The number of methoxy groups -OCH3 is 1. The maximum Gasteiger partial charge on any atom is 0.243 e. The first kappa shape index (κ1) is 33.0. The molecule has 2 rings (SSSR count). The zero-order valence-electron chi connectivity index (χ0n) is 23.1. The Labute approximate surface area is 246 Å². The van der Waals surface area contributed by atoms with E-state index in [1.54, 1.807) is 30.3 Å². The largest absolute Gasteiger partial charge is 0.495 e. The molecule has 2 amide bonds. The Morgan fingerprint density at radius 1 is 1.03 bits per heavy atom. The van der Waals surface area contributed by atoms with Crippen molar-refractivity contribution in [2.45, 2.75) is 65.1 Å². The van der Waals surface area contributed by atoms with Crippen LogP contribution in [0.25, 0.3) is 0 Å². The van der Waals surface area contributed by atoms with Crippen LogP contribution in [0.3, 0.4) is 0 Å². The van der Waals surface area contributed by atoms with Gasteiger partial charge in [0.2, 0.25) is 21.8 Å². The summed E-state index contributed by atoms with van der Waals surface area (Å²) in [6, 6.07) is 9.00. The average Bonchev–Trinajstić information content (AvgIpc) is 2.81. The molecule has 216 valence electrons. The van der Waals surface area contributed by atoms with E-state index in [1.807, 2.05) is 27.7 Å². The molecule has 0 aliphatic heterocycles. The lowest BCUT2D eigenvalue weighted by molar-refractivity contribution is -0.142. The Balaban J connectivity index is 2.29. The minimum Gasteiger partial charge on any atom is -0.495 e. The smallest absolute Gasteiger partial charge is 0.243 e. The van der Waals surface area contributed by atoms with Crippen molar-refractivity contribution < 1.29 is 22.7 Å². The fraction of sp³-hybridized carbons (Fsp3) is 0.481. The SMILES string of the molecule is CC[C@H](C(=O)NC(C)(C)C)N(Cc1ccc(Cl)c(Cl)c1)C(=O)CCCN(c1ccc(OC)c(Cl)c1)S(C)(=O)=O. The maximum absolute atomic E-state index is 13.6. The zero-order chi connectivity index (χ0) is 29.5. The van der Waals surface area contributed by atoms with E-state index in [0.717, 1.165) is 6.26 Å². The Hall–Kier alpha value is -2.20. The molecule has 0 unspecified atom stereocenters. The standard InChI is InChI=1S/C27H36Cl3N3O5S/c1-7-23(26(35)31-27(2,3)4)32(17-18-10-12-20(28)21(29)15-18)25(34)9-8-14-33(39(6,36)37)19-11-13-24(38-5)22(30)16-19/h10-13,15-16,23H,7-9,14,17H2,1-6H3,(H,31,35)/t23-/m1/s1. The average molecular weight is 621 g/mol. The van der Waals surface area contributed by atoms with Gasteiger partial charge < -0.3 is 15.0 Å². The van der Waals surface area contributed by atoms with Crippen molar-refractivity contribution in [1.29, 1.82) is 0 Å². The summed E-state index contributed by atoms with van der Waals surface area (Å²) in [4.78, 5) is 28.2. The van der Waals surface area contributed by atoms with Gasteiger partial charge in [0.1, 0.15) is 11.8 Å². The van der Waals surface area contributed by atoms with Crippen molar-refractivity contribution in [1.82, 2.24) is 10.2 Å². The van der Waals surface area contributed by atoms with Crippen LogP contribution in [0.4, 0.5) is 5.69 Å². The summed E-state index contributed by atoms with van der Waals surface area (Å²) in [5.74, 6) is -0.150. The third-order valence-corrected chi connectivity index (χ3v) is 8.03. The summed E-state index contributed by atoms with van der Waals surface area (Å²) in [5.41, 5.74) is 0.586. The highest BCUT2D eigenvalue weighted by atomic mass is 35.5. The lowest BCUT2D eigenvalue weighted by Gasteiger charge is -2.33. The lowest BCUT2D eigenvalue weighted by Crippen LogP contribution is -2.53. The molecule has 2 aromatic carbocycles. The summed E-state index contributed by atoms with van der Waals surface area (Å²) >= 11 is 18.5. The van der Waals surface area contributed by atoms with Gasteiger partial charge in [0.05, 0.1) is 34.1 Å². The molecule has 0 saturated heterocycles. The number of halogens is 3. The molecular weight excluding hydrogens is 585 g/mol. The van der Waals surface area contributed by atoms with Gasteiger partial charge in [-0.05, 0) is 69.5 Å². The highest BCUT2D eigenvalue weighted by molar-refractivity contribution is 7.92. The second-order valence-corrected chi connectivity index (χ2v) is 13.3. The van der Waals surface area contributed by atoms with Crippen LogP contribution in [0.2, 0.25) is 15.1 Å². The van der Waals surface area contributed by atoms with E-state index >= 15 is 0 Å². The number of ether oxygens (including phenoxy) is 1. The highest BCUT2D eigenvalue weighted by Gasteiger charge is 2.31. The third kappa shape index (κ3) is 9.74. The first-order valence-electron chi connectivity index (χ1n) is 12.4. The van der Waals surface area contributed by atoms with Gasteiger partial charge in [0.15, 0.2) is 0 Å². The van der Waals surface area contributed by atoms with Crippen molar-refractivity contribution in [3.05, 3.63) is 57.0 Å². The van der Waals surface area contributed by atoms with Crippen molar-refractivity contribution in [3.63, 3.8) is 0 Å². The fourth-order valence-corrected chi connectivity index (χ4v) is 5.55. The number of benzene rings is 2. The predicted octanol–water partition coefficient (Wildman–Crippen LogP) is 5.92.